The van der Waals surface area contributed by atoms with Crippen LogP contribution in [0.4, 0.5) is 0 Å². The van der Waals surface area contributed by atoms with Gasteiger partial charge in [-0.1, -0.05) is 87.7 Å². The molecule has 3 aromatic heterocycles. The van der Waals surface area contributed by atoms with Gasteiger partial charge in [0.25, 0.3) is 0 Å². The molecule has 0 amide bonds. The van der Waals surface area contributed by atoms with Gasteiger partial charge in [0.1, 0.15) is 6.33 Å². The summed E-state index contributed by atoms with van der Waals surface area (Å²) >= 11 is 1.76. The predicted octanol–water partition coefficient (Wildman–Crippen LogP) is 10.0. The predicted molar refractivity (Wildman–Crippen MR) is 175 cm³/mol. The van der Waals surface area contributed by atoms with Crippen LogP contribution in [0, 0.1) is 12.1 Å². The second kappa shape index (κ2) is 12.5. The van der Waals surface area contributed by atoms with Crippen molar-refractivity contribution in [1.29, 1.82) is 0 Å². The van der Waals surface area contributed by atoms with E-state index in [4.69, 9.17) is 9.72 Å². The van der Waals surface area contributed by atoms with Gasteiger partial charge < -0.3 is 4.74 Å². The Labute approximate surface area is 275 Å². The maximum Gasteiger partial charge on any atom is 2.00 e. The molecule has 0 saturated carbocycles. The van der Waals surface area contributed by atoms with Crippen LogP contribution >= 0.6 is 11.3 Å². The Bertz CT molecular complexity index is 2070. The minimum Gasteiger partial charge on any atom is -0.460 e. The van der Waals surface area contributed by atoms with E-state index in [0.29, 0.717) is 29.3 Å². The van der Waals surface area contributed by atoms with Gasteiger partial charge in [-0.25, -0.2) is 0 Å². The molecule has 0 N–H and O–H groups in total. The smallest absolute Gasteiger partial charge is 0.460 e. The van der Waals surface area contributed by atoms with Crippen LogP contribution in [0.15, 0.2) is 97.3 Å². The number of ether oxygens (including phenoxy) is 1. The molecule has 0 bridgehead atoms. The quantitative estimate of drug-likeness (QED) is 0.152. The van der Waals surface area contributed by atoms with E-state index in [1.807, 2.05) is 47.1 Å². The van der Waals surface area contributed by atoms with Crippen molar-refractivity contribution in [2.24, 2.45) is 0 Å². The first-order chi connectivity index (χ1) is 21.0. The number of fused-ring (bicyclic) bond motifs is 3. The minimum absolute atomic E-state index is 0. The third-order valence-corrected chi connectivity index (χ3v) is 8.85. The Morgan fingerprint density at radius 3 is 2.34 bits per heavy atom. The molecule has 0 spiro atoms. The number of rotatable bonds is 7. The minimum atomic E-state index is 0. The van der Waals surface area contributed by atoms with E-state index in [1.165, 1.54) is 31.3 Å². The van der Waals surface area contributed by atoms with Crippen LogP contribution in [0.25, 0.3) is 48.5 Å². The normalized spacial score (nSPS) is 11.4. The molecule has 0 fully saturated rings. The number of hydrogen-bond acceptors (Lipinski definition) is 5. The molecule has 0 aliphatic carbocycles. The van der Waals surface area contributed by atoms with Gasteiger partial charge in [0, 0.05) is 10.4 Å². The van der Waals surface area contributed by atoms with Crippen molar-refractivity contribution in [2.45, 2.75) is 39.5 Å². The summed E-state index contributed by atoms with van der Waals surface area (Å²) in [5.74, 6) is 2.43. The molecule has 7 aromatic rings. The summed E-state index contributed by atoms with van der Waals surface area (Å²) in [7, 11) is 0. The van der Waals surface area contributed by atoms with Crippen LogP contribution in [-0.2, 0) is 21.1 Å². The van der Waals surface area contributed by atoms with Crippen molar-refractivity contribution < 1.29 is 25.8 Å². The summed E-state index contributed by atoms with van der Waals surface area (Å²) < 4.78 is 10.7. The van der Waals surface area contributed by atoms with Crippen molar-refractivity contribution in [3.63, 3.8) is 0 Å². The van der Waals surface area contributed by atoms with E-state index in [1.54, 1.807) is 17.7 Å². The first-order valence-corrected chi connectivity index (χ1v) is 15.3. The van der Waals surface area contributed by atoms with Crippen LogP contribution in [0.2, 0.25) is 0 Å². The molecule has 4 aromatic carbocycles. The van der Waals surface area contributed by atoms with E-state index in [9.17, 15) is 0 Å². The second-order valence-corrected chi connectivity index (χ2v) is 12.2. The van der Waals surface area contributed by atoms with Gasteiger partial charge in [-0.15, -0.1) is 47.5 Å². The molecule has 7 rings (SSSR count). The molecule has 0 atom stereocenters. The summed E-state index contributed by atoms with van der Waals surface area (Å²) in [6.45, 7) is 8.83. The van der Waals surface area contributed by atoms with E-state index < -0.39 is 0 Å². The monoisotopic (exact) mass is 773 g/mol. The fourth-order valence-corrected chi connectivity index (χ4v) is 6.80. The zero-order chi connectivity index (χ0) is 29.5. The Morgan fingerprint density at radius 1 is 0.795 bits per heavy atom. The first-order valence-electron chi connectivity index (χ1n) is 14.5. The molecule has 220 valence electrons. The molecule has 0 aliphatic heterocycles. The second-order valence-electron chi connectivity index (χ2n) is 11.2. The molecule has 0 saturated heterocycles. The van der Waals surface area contributed by atoms with E-state index in [0.717, 1.165) is 22.5 Å². The van der Waals surface area contributed by atoms with E-state index >= 15 is 0 Å². The molecule has 0 aliphatic rings. The van der Waals surface area contributed by atoms with Crippen molar-refractivity contribution in [2.75, 3.05) is 0 Å². The largest absolute Gasteiger partial charge is 2.00 e. The summed E-state index contributed by atoms with van der Waals surface area (Å²) in [4.78, 5) is 9.54. The van der Waals surface area contributed by atoms with Gasteiger partial charge in [0.2, 0.25) is 5.88 Å². The molecule has 0 unspecified atom stereocenters. The average molecular weight is 774 g/mol. The first kappa shape index (κ1) is 29.9. The Hall–Kier alpha value is -4.12. The fourth-order valence-electron chi connectivity index (χ4n) is 5.59. The number of hydrogen-bond donors (Lipinski definition) is 0. The average Bonchev–Trinajstić information content (AvgIpc) is 3.66. The van der Waals surface area contributed by atoms with Gasteiger partial charge >= 0.3 is 21.1 Å². The zero-order valence-corrected chi connectivity index (χ0v) is 27.9. The molecular formula is C37H30N4OPtS. The number of nitrogens with zero attached hydrogens (tertiary/aromatic N) is 4. The third-order valence-electron chi connectivity index (χ3n) is 7.64. The van der Waals surface area contributed by atoms with Crippen molar-refractivity contribution in [1.82, 2.24) is 19.7 Å². The molecule has 44 heavy (non-hydrogen) atoms. The Kier molecular flexibility index (Phi) is 8.48. The standard InChI is InChI=1S/C37H30N4OS.Pt/c1-23(2)27-14-8-15-28(24(3)4)35(27)41-37(38-22-39-41)25-11-7-12-26(21-25)42-34-20-10-18-32(40-34)31-17-9-16-30-29-13-5-6-19-33(29)43-36(30)31;/h5-16,18-20,22-24H,1-4H3;/q-2;+2. The zero-order valence-electron chi connectivity index (χ0n) is 24.8. The summed E-state index contributed by atoms with van der Waals surface area (Å²) in [5, 5.41) is 7.14. The van der Waals surface area contributed by atoms with Crippen LogP contribution in [0.1, 0.15) is 50.7 Å². The maximum absolute atomic E-state index is 6.29. The molecule has 7 heteroatoms. The van der Waals surface area contributed by atoms with Crippen LogP contribution < -0.4 is 4.74 Å². The molecule has 3 heterocycles. The number of benzene rings is 4. The Balaban J connectivity index is 0.00000343. The Morgan fingerprint density at radius 2 is 1.55 bits per heavy atom. The van der Waals surface area contributed by atoms with Gasteiger partial charge in [0.05, 0.1) is 11.5 Å². The van der Waals surface area contributed by atoms with E-state index in [-0.39, 0.29) is 21.1 Å². The van der Waals surface area contributed by atoms with Crippen molar-refractivity contribution in [3.05, 3.63) is 121 Å². The van der Waals surface area contributed by atoms with Crippen molar-refractivity contribution in [3.8, 4) is 40.0 Å². The van der Waals surface area contributed by atoms with E-state index in [2.05, 4.69) is 98.4 Å². The summed E-state index contributed by atoms with van der Waals surface area (Å²) in [6.07, 6.45) is 1.61. The third kappa shape index (κ3) is 5.49. The summed E-state index contributed by atoms with van der Waals surface area (Å²) in [6, 6.07) is 37.6. The number of pyridine rings is 1. The fraction of sp³-hybridized carbons (Fsp3) is 0.162. The van der Waals surface area contributed by atoms with Gasteiger partial charge in [-0.2, -0.15) is 16.4 Å². The SMILES string of the molecule is CC(C)c1cccc(C(C)C)c1-n1ncnc1-c1[c-]c(Oc2cccc(-c3[c-]ccc4c3sc3ccccc34)n2)ccc1.[Pt+2]. The molecule has 5 nitrogen and oxygen atoms in total. The van der Waals surface area contributed by atoms with Gasteiger partial charge in [0.15, 0.2) is 0 Å². The van der Waals surface area contributed by atoms with Gasteiger partial charge in [-0.3, -0.25) is 14.6 Å². The summed E-state index contributed by atoms with van der Waals surface area (Å²) in [5.41, 5.74) is 6.13. The van der Waals surface area contributed by atoms with Crippen molar-refractivity contribution >= 4 is 31.5 Å². The molecular weight excluding hydrogens is 744 g/mol. The van der Waals surface area contributed by atoms with Gasteiger partial charge in [-0.05, 0) is 50.9 Å². The topological polar surface area (TPSA) is 52.8 Å². The van der Waals surface area contributed by atoms with Crippen LogP contribution in [0.5, 0.6) is 11.6 Å². The number of aromatic nitrogens is 4. The van der Waals surface area contributed by atoms with Crippen LogP contribution in [-0.4, -0.2) is 19.7 Å². The maximum atomic E-state index is 6.29. The molecule has 0 radical (unpaired) electrons. The van der Waals surface area contributed by atoms with Crippen LogP contribution in [0.3, 0.4) is 0 Å². The number of para-hydroxylation sites is 1. The number of thiophene rings is 1.